The molecule has 1 aromatic rings. The molecule has 0 saturated carbocycles. The molecule has 14 heavy (non-hydrogen) atoms. The smallest absolute Gasteiger partial charge is 0.358 e. The van der Waals surface area contributed by atoms with Crippen LogP contribution >= 0.6 is 0 Å². The summed E-state index contributed by atoms with van der Waals surface area (Å²) in [7, 11) is 0. The third-order valence-electron chi connectivity index (χ3n) is 2.42. The molecule has 0 unspecified atom stereocenters. The molecular weight excluding hydrogens is 182 g/mol. The van der Waals surface area contributed by atoms with Gasteiger partial charge in [-0.05, 0) is 35.4 Å². The van der Waals surface area contributed by atoms with Crippen LogP contribution in [0.25, 0.3) is 0 Å². The Bertz CT molecular complexity index is 330. The van der Waals surface area contributed by atoms with Gasteiger partial charge in [-0.2, -0.15) is 0 Å². The number of nitrogens with zero attached hydrogens (tertiary/aromatic N) is 2. The van der Waals surface area contributed by atoms with Crippen molar-refractivity contribution in [2.75, 3.05) is 6.54 Å². The summed E-state index contributed by atoms with van der Waals surface area (Å²) in [4.78, 5) is 13.7. The fourth-order valence-corrected chi connectivity index (χ4v) is 1.68. The lowest BCUT2D eigenvalue weighted by atomic mass is 10.1. The van der Waals surface area contributed by atoms with E-state index in [1.165, 1.54) is 6.07 Å². The van der Waals surface area contributed by atoms with Gasteiger partial charge in [0.2, 0.25) is 0 Å². The summed E-state index contributed by atoms with van der Waals surface area (Å²) in [6.07, 6.45) is 3.82. The topological polar surface area (TPSA) is 68.1 Å². The number of aromatic nitrogens is 1. The van der Waals surface area contributed by atoms with Crippen LogP contribution < -0.4 is 5.32 Å². The fourth-order valence-electron chi connectivity index (χ4n) is 1.68. The predicted molar refractivity (Wildman–Crippen MR) is 50.9 cm³/mol. The Labute approximate surface area is 81.3 Å². The van der Waals surface area contributed by atoms with Gasteiger partial charge in [-0.25, -0.2) is 0 Å². The van der Waals surface area contributed by atoms with E-state index < -0.39 is 4.92 Å². The van der Waals surface area contributed by atoms with Crippen molar-refractivity contribution in [2.24, 2.45) is 0 Å². The number of rotatable bonds is 2. The first-order valence-corrected chi connectivity index (χ1v) is 4.61. The predicted octanol–water partition coefficient (Wildman–Crippen LogP) is 1.41. The standard InChI is InChI=1S/C9H11N3O2/c13-12(14)9-4-3-7(6-11-9)8-2-1-5-10-8/h3-4,6,8,10H,1-2,5H2/t8-/m1/s1. The zero-order valence-corrected chi connectivity index (χ0v) is 7.64. The van der Waals surface area contributed by atoms with Crippen LogP contribution in [0, 0.1) is 10.1 Å². The Morgan fingerprint density at radius 1 is 1.57 bits per heavy atom. The monoisotopic (exact) mass is 193 g/mol. The largest absolute Gasteiger partial charge is 0.363 e. The lowest BCUT2D eigenvalue weighted by Crippen LogP contribution is -2.13. The molecule has 0 spiro atoms. The zero-order valence-electron chi connectivity index (χ0n) is 7.64. The second-order valence-electron chi connectivity index (χ2n) is 3.36. The molecule has 1 aromatic heterocycles. The van der Waals surface area contributed by atoms with Gasteiger partial charge in [-0.3, -0.25) is 0 Å². The van der Waals surface area contributed by atoms with E-state index in [2.05, 4.69) is 10.3 Å². The maximum absolute atomic E-state index is 10.4. The van der Waals surface area contributed by atoms with Crippen molar-refractivity contribution in [2.45, 2.75) is 18.9 Å². The van der Waals surface area contributed by atoms with Crippen molar-refractivity contribution in [3.05, 3.63) is 34.0 Å². The molecule has 1 fully saturated rings. The molecule has 2 heterocycles. The van der Waals surface area contributed by atoms with Crippen LogP contribution in [0.4, 0.5) is 5.82 Å². The van der Waals surface area contributed by atoms with E-state index >= 15 is 0 Å². The average molecular weight is 193 g/mol. The van der Waals surface area contributed by atoms with Gasteiger partial charge in [0.15, 0.2) is 0 Å². The summed E-state index contributed by atoms with van der Waals surface area (Å²) in [5, 5.41) is 13.7. The van der Waals surface area contributed by atoms with Crippen molar-refractivity contribution in [1.29, 1.82) is 0 Å². The fraction of sp³-hybridized carbons (Fsp3) is 0.444. The van der Waals surface area contributed by atoms with Gasteiger partial charge < -0.3 is 15.4 Å². The van der Waals surface area contributed by atoms with Crippen LogP contribution in [-0.2, 0) is 0 Å². The molecule has 0 aromatic carbocycles. The van der Waals surface area contributed by atoms with E-state index in [0.717, 1.165) is 24.9 Å². The molecule has 2 rings (SSSR count). The van der Waals surface area contributed by atoms with Crippen molar-refractivity contribution in [1.82, 2.24) is 10.3 Å². The Morgan fingerprint density at radius 2 is 2.43 bits per heavy atom. The maximum atomic E-state index is 10.4. The number of nitrogens with one attached hydrogen (secondary N) is 1. The van der Waals surface area contributed by atoms with Crippen LogP contribution in [0.3, 0.4) is 0 Å². The molecule has 0 radical (unpaired) electrons. The van der Waals surface area contributed by atoms with Gasteiger partial charge in [0.05, 0.1) is 0 Å². The first-order valence-electron chi connectivity index (χ1n) is 4.61. The highest BCUT2D eigenvalue weighted by Crippen LogP contribution is 2.22. The second kappa shape index (κ2) is 3.71. The molecular formula is C9H11N3O2. The van der Waals surface area contributed by atoms with Crippen LogP contribution in [0.15, 0.2) is 18.3 Å². The minimum Gasteiger partial charge on any atom is -0.358 e. The van der Waals surface area contributed by atoms with Crippen LogP contribution in [0.2, 0.25) is 0 Å². The Hall–Kier alpha value is -1.49. The molecule has 74 valence electrons. The zero-order chi connectivity index (χ0) is 9.97. The Morgan fingerprint density at radius 3 is 2.93 bits per heavy atom. The highest BCUT2D eigenvalue weighted by Gasteiger charge is 2.18. The minimum absolute atomic E-state index is 0.0910. The van der Waals surface area contributed by atoms with Crippen LogP contribution in [0.1, 0.15) is 24.4 Å². The second-order valence-corrected chi connectivity index (χ2v) is 3.36. The van der Waals surface area contributed by atoms with Crippen molar-refractivity contribution < 1.29 is 4.92 Å². The number of pyridine rings is 1. The molecule has 5 nitrogen and oxygen atoms in total. The lowest BCUT2D eigenvalue weighted by Gasteiger charge is -2.07. The highest BCUT2D eigenvalue weighted by molar-refractivity contribution is 5.25. The van der Waals surface area contributed by atoms with Crippen LogP contribution in [0.5, 0.6) is 0 Å². The molecule has 0 aliphatic carbocycles. The number of hydrogen-bond acceptors (Lipinski definition) is 4. The minimum atomic E-state index is -0.480. The third kappa shape index (κ3) is 1.72. The van der Waals surface area contributed by atoms with Gasteiger partial charge in [0.25, 0.3) is 0 Å². The van der Waals surface area contributed by atoms with Gasteiger partial charge in [-0.1, -0.05) is 0 Å². The Balaban J connectivity index is 2.16. The van der Waals surface area contributed by atoms with E-state index in [1.54, 1.807) is 12.3 Å². The molecule has 1 aliphatic rings. The molecule has 1 N–H and O–H groups in total. The lowest BCUT2D eigenvalue weighted by molar-refractivity contribution is -0.389. The molecule has 0 bridgehead atoms. The number of hydrogen-bond donors (Lipinski definition) is 1. The van der Waals surface area contributed by atoms with Gasteiger partial charge in [0, 0.05) is 17.7 Å². The normalized spacial score (nSPS) is 21.0. The number of nitro groups is 1. The van der Waals surface area contributed by atoms with Gasteiger partial charge in [0.1, 0.15) is 6.20 Å². The average Bonchev–Trinajstić information content (AvgIpc) is 2.71. The highest BCUT2D eigenvalue weighted by atomic mass is 16.6. The van der Waals surface area contributed by atoms with Gasteiger partial charge >= 0.3 is 5.82 Å². The van der Waals surface area contributed by atoms with E-state index in [9.17, 15) is 10.1 Å². The van der Waals surface area contributed by atoms with E-state index in [-0.39, 0.29) is 5.82 Å². The maximum Gasteiger partial charge on any atom is 0.363 e. The summed E-state index contributed by atoms with van der Waals surface area (Å²) in [5.74, 6) is -0.0910. The van der Waals surface area contributed by atoms with Crippen molar-refractivity contribution >= 4 is 5.82 Å². The summed E-state index contributed by atoms with van der Waals surface area (Å²) < 4.78 is 0. The summed E-state index contributed by atoms with van der Waals surface area (Å²) in [5.41, 5.74) is 1.04. The van der Waals surface area contributed by atoms with Crippen molar-refractivity contribution in [3.63, 3.8) is 0 Å². The quantitative estimate of drug-likeness (QED) is 0.569. The Kier molecular flexibility index (Phi) is 2.41. The summed E-state index contributed by atoms with van der Waals surface area (Å²) in [6, 6.07) is 3.55. The van der Waals surface area contributed by atoms with E-state index in [4.69, 9.17) is 0 Å². The molecule has 0 amide bonds. The van der Waals surface area contributed by atoms with Gasteiger partial charge in [-0.15, -0.1) is 0 Å². The molecule has 1 aliphatic heterocycles. The first kappa shape index (κ1) is 9.08. The first-order chi connectivity index (χ1) is 6.77. The van der Waals surface area contributed by atoms with E-state index in [1.807, 2.05) is 0 Å². The van der Waals surface area contributed by atoms with E-state index in [0.29, 0.717) is 6.04 Å². The molecule has 1 atom stereocenters. The molecule has 1 saturated heterocycles. The van der Waals surface area contributed by atoms with Crippen LogP contribution in [-0.4, -0.2) is 16.5 Å². The summed E-state index contributed by atoms with van der Waals surface area (Å²) >= 11 is 0. The summed E-state index contributed by atoms with van der Waals surface area (Å²) in [6.45, 7) is 1.02. The molecule has 5 heteroatoms. The SMILES string of the molecule is O=[N+]([O-])c1ccc([C@H]2CCCN2)cn1. The van der Waals surface area contributed by atoms with Crippen molar-refractivity contribution in [3.8, 4) is 0 Å². The third-order valence-corrected chi connectivity index (χ3v) is 2.42.